The van der Waals surface area contributed by atoms with Crippen LogP contribution in [0.25, 0.3) is 33.6 Å². The minimum Gasteiger partial charge on any atom is -0.330 e. The predicted molar refractivity (Wildman–Crippen MR) is 130 cm³/mol. The average molecular weight is 491 g/mol. The van der Waals surface area contributed by atoms with Gasteiger partial charge in [0.1, 0.15) is 23.1 Å². The minimum absolute atomic E-state index is 0.127. The average Bonchev–Trinajstić information content (AvgIpc) is 3.80. The zero-order chi connectivity index (χ0) is 23.4. The number of aromatic nitrogens is 4. The van der Waals surface area contributed by atoms with Crippen molar-refractivity contribution in [3.8, 4) is 11.5 Å². The van der Waals surface area contributed by atoms with Crippen molar-refractivity contribution in [2.24, 2.45) is 5.92 Å². The van der Waals surface area contributed by atoms with E-state index < -0.39 is 5.82 Å². The van der Waals surface area contributed by atoms with E-state index in [0.717, 1.165) is 41.9 Å². The van der Waals surface area contributed by atoms with Crippen LogP contribution in [0.4, 0.5) is 4.39 Å². The highest BCUT2D eigenvalue weighted by Crippen LogP contribution is 2.59. The maximum atomic E-state index is 15.6. The summed E-state index contributed by atoms with van der Waals surface area (Å²) in [4.78, 5) is 26.8. The van der Waals surface area contributed by atoms with Crippen LogP contribution in [0.1, 0.15) is 23.2 Å². The van der Waals surface area contributed by atoms with Gasteiger partial charge in [-0.1, -0.05) is 0 Å². The summed E-state index contributed by atoms with van der Waals surface area (Å²) in [6.07, 6.45) is 4.40. The van der Waals surface area contributed by atoms with Crippen LogP contribution in [0, 0.1) is 11.7 Å². The number of piperazine rings is 1. The molecule has 10 heteroatoms. The van der Waals surface area contributed by atoms with Gasteiger partial charge in [-0.05, 0) is 61.1 Å². The first-order chi connectivity index (χ1) is 17.1. The number of halogens is 1. The van der Waals surface area contributed by atoms with Crippen LogP contribution in [-0.4, -0.2) is 69.9 Å². The van der Waals surface area contributed by atoms with Gasteiger partial charge in [0, 0.05) is 48.6 Å². The van der Waals surface area contributed by atoms with E-state index in [1.165, 1.54) is 18.9 Å². The molecule has 1 saturated carbocycles. The number of fused-ring (bicyclic) bond motifs is 3. The third-order valence-corrected chi connectivity index (χ3v) is 8.35. The molecule has 178 valence electrons. The Morgan fingerprint density at radius 1 is 1.23 bits per heavy atom. The molecule has 4 aromatic rings. The molecule has 5 aliphatic rings. The molecule has 35 heavy (non-hydrogen) atoms. The molecule has 4 atom stereocenters. The maximum Gasteiger partial charge on any atom is 0.255 e. The van der Waals surface area contributed by atoms with E-state index in [-0.39, 0.29) is 12.1 Å². The van der Waals surface area contributed by atoms with Crippen LogP contribution in [0.5, 0.6) is 0 Å². The van der Waals surface area contributed by atoms with Crippen molar-refractivity contribution < 1.29 is 13.7 Å². The summed E-state index contributed by atoms with van der Waals surface area (Å²) < 4.78 is 29.1. The molecule has 9 rings (SSSR count). The highest BCUT2D eigenvalue weighted by Gasteiger charge is 2.80. The third-order valence-electron chi connectivity index (χ3n) is 7.99. The SMILES string of the molecule is O=C(c1cc(F)c2c(c1)nc(-c1cc3cccnc3n1CC1CC1)n2CCSO)N1C[C@@H]2C3C1N32. The number of benzene rings is 1. The van der Waals surface area contributed by atoms with Crippen molar-refractivity contribution in [1.82, 2.24) is 28.9 Å². The van der Waals surface area contributed by atoms with E-state index in [0.29, 0.717) is 52.7 Å². The Morgan fingerprint density at radius 2 is 2.09 bits per heavy atom. The number of amides is 1. The molecule has 5 fully saturated rings. The fraction of sp³-hybridized carbons (Fsp3) is 0.400. The van der Waals surface area contributed by atoms with E-state index in [2.05, 4.69) is 20.5 Å². The van der Waals surface area contributed by atoms with E-state index in [9.17, 15) is 9.35 Å². The second-order valence-corrected chi connectivity index (χ2v) is 10.8. The molecule has 3 aromatic heterocycles. The van der Waals surface area contributed by atoms with E-state index in [1.807, 2.05) is 21.6 Å². The Kier molecular flexibility index (Phi) is 4.08. The number of hydrogen-bond donors (Lipinski definition) is 1. The molecule has 4 aliphatic heterocycles. The number of carbonyl (C=O) groups is 1. The van der Waals surface area contributed by atoms with Crippen molar-refractivity contribution in [1.29, 1.82) is 0 Å². The van der Waals surface area contributed by atoms with Gasteiger partial charge in [0.05, 0.1) is 17.3 Å². The molecular weight excluding hydrogens is 467 g/mol. The zero-order valence-electron chi connectivity index (χ0n) is 18.8. The number of carbonyl (C=O) groups excluding carboxylic acids is 1. The van der Waals surface area contributed by atoms with Crippen molar-refractivity contribution in [3.63, 3.8) is 0 Å². The summed E-state index contributed by atoms with van der Waals surface area (Å²) in [6.45, 7) is 1.97. The molecule has 1 aliphatic carbocycles. The predicted octanol–water partition coefficient (Wildman–Crippen LogP) is 3.66. The molecule has 7 heterocycles. The van der Waals surface area contributed by atoms with Crippen molar-refractivity contribution in [2.45, 2.75) is 44.2 Å². The smallest absolute Gasteiger partial charge is 0.255 e. The van der Waals surface area contributed by atoms with E-state index >= 15 is 4.39 Å². The molecule has 1 amide bonds. The quantitative estimate of drug-likeness (QED) is 0.315. The fourth-order valence-corrected chi connectivity index (χ4v) is 6.26. The highest BCUT2D eigenvalue weighted by molar-refractivity contribution is 7.93. The van der Waals surface area contributed by atoms with Crippen LogP contribution in [0.3, 0.4) is 0 Å². The Hall–Kier alpha value is -2.95. The van der Waals surface area contributed by atoms with Crippen molar-refractivity contribution >= 4 is 40.0 Å². The molecule has 2 bridgehead atoms. The number of imidazole rings is 1. The van der Waals surface area contributed by atoms with Gasteiger partial charge >= 0.3 is 0 Å². The normalized spacial score (nSPS) is 26.1. The Morgan fingerprint density at radius 3 is 2.83 bits per heavy atom. The van der Waals surface area contributed by atoms with Gasteiger partial charge in [-0.15, -0.1) is 0 Å². The fourth-order valence-electron chi connectivity index (χ4n) is 5.99. The van der Waals surface area contributed by atoms with Crippen LogP contribution >= 0.6 is 12.0 Å². The summed E-state index contributed by atoms with van der Waals surface area (Å²) in [7, 11) is 0. The lowest BCUT2D eigenvalue weighted by molar-refractivity contribution is 0.0776. The van der Waals surface area contributed by atoms with Crippen LogP contribution < -0.4 is 0 Å². The van der Waals surface area contributed by atoms with Crippen LogP contribution in [0.15, 0.2) is 36.5 Å². The molecule has 1 aromatic carbocycles. The molecule has 3 unspecified atom stereocenters. The number of hydrogen-bond acceptors (Lipinski definition) is 6. The zero-order valence-corrected chi connectivity index (χ0v) is 19.7. The van der Waals surface area contributed by atoms with Crippen molar-refractivity contribution in [2.75, 3.05) is 12.3 Å². The summed E-state index contributed by atoms with van der Waals surface area (Å²) >= 11 is 0.724. The molecule has 0 spiro atoms. The van der Waals surface area contributed by atoms with Gasteiger partial charge in [-0.2, -0.15) is 0 Å². The van der Waals surface area contributed by atoms with E-state index in [1.54, 1.807) is 12.3 Å². The van der Waals surface area contributed by atoms with Crippen LogP contribution in [0.2, 0.25) is 0 Å². The van der Waals surface area contributed by atoms with E-state index in [4.69, 9.17) is 4.98 Å². The number of aryl methyl sites for hydroxylation is 1. The van der Waals surface area contributed by atoms with Gasteiger partial charge in [-0.25, -0.2) is 14.4 Å². The number of pyridine rings is 1. The Labute approximate surface area is 204 Å². The maximum absolute atomic E-state index is 15.6. The van der Waals surface area contributed by atoms with Gasteiger partial charge < -0.3 is 18.6 Å². The summed E-state index contributed by atoms with van der Waals surface area (Å²) in [5.74, 6) is 1.05. The Bertz CT molecular complexity index is 1530. The van der Waals surface area contributed by atoms with Gasteiger partial charge in [0.2, 0.25) is 0 Å². The van der Waals surface area contributed by atoms with Crippen molar-refractivity contribution in [3.05, 3.63) is 47.9 Å². The second-order valence-electron chi connectivity index (χ2n) is 10.1. The Balaban J connectivity index is 1.28. The van der Waals surface area contributed by atoms with Gasteiger partial charge in [0.15, 0.2) is 5.82 Å². The lowest BCUT2D eigenvalue weighted by atomic mass is 10.1. The summed E-state index contributed by atoms with van der Waals surface area (Å²) in [6, 6.07) is 10.1. The molecule has 1 N–H and O–H groups in total. The monoisotopic (exact) mass is 490 g/mol. The lowest BCUT2D eigenvalue weighted by Gasteiger charge is -2.15. The molecular formula is C25H23FN6O2S. The van der Waals surface area contributed by atoms with Gasteiger partial charge in [-0.3, -0.25) is 9.69 Å². The molecule has 8 nitrogen and oxygen atoms in total. The number of nitrogens with zero attached hydrogens (tertiary/aromatic N) is 6. The van der Waals surface area contributed by atoms with Crippen LogP contribution in [-0.2, 0) is 13.1 Å². The third kappa shape index (κ3) is 2.90. The number of rotatable bonds is 7. The summed E-state index contributed by atoms with van der Waals surface area (Å²) in [5.41, 5.74) is 2.94. The second kappa shape index (κ2) is 7.05. The lowest BCUT2D eigenvalue weighted by Crippen LogP contribution is -2.30. The highest BCUT2D eigenvalue weighted by atomic mass is 32.2. The minimum atomic E-state index is -0.463. The molecule has 0 radical (unpaired) electrons. The largest absolute Gasteiger partial charge is 0.330 e. The molecule has 4 saturated heterocycles. The first kappa shape index (κ1) is 20.3. The summed E-state index contributed by atoms with van der Waals surface area (Å²) in [5, 5.41) is 1.01. The first-order valence-corrected chi connectivity index (χ1v) is 13.1. The standard InChI is InChI=1S/C25H23FN6O2S/c26-16-8-15(25(33)31-12-19-21-24(31)32(19)21)9-17-20(16)29(6-7-35-34)23(28-17)18-10-14-2-1-5-27-22(14)30(18)11-13-3-4-13/h1-2,5,8-10,13,19,21,24,34H,3-4,6-7,11-12H2/t19-,21?,24?,32?/m1/s1. The topological polar surface area (TPSA) is 79.2 Å². The first-order valence-electron chi connectivity index (χ1n) is 12.1. The van der Waals surface area contributed by atoms with Gasteiger partial charge in [0.25, 0.3) is 5.91 Å².